The first-order valence-corrected chi connectivity index (χ1v) is 2.96. The van der Waals surface area contributed by atoms with Crippen LogP contribution in [0.25, 0.3) is 0 Å². The first-order chi connectivity index (χ1) is 4.33. The van der Waals surface area contributed by atoms with Crippen LogP contribution in [-0.2, 0) is 6.32 Å². The third-order valence-corrected chi connectivity index (χ3v) is 1.19. The molecule has 1 aromatic rings. The topological polar surface area (TPSA) is 33.1 Å². The molecule has 1 rings (SSSR count). The van der Waals surface area contributed by atoms with E-state index in [-0.39, 0.29) is 5.75 Å². The quantitative estimate of drug-likeness (QED) is 0.527. The van der Waals surface area contributed by atoms with E-state index in [1.807, 2.05) is 7.85 Å². The molecular formula is C6H8BNO. The molecule has 0 spiro atoms. The number of hydrogen-bond donors (Lipinski definition) is 1. The first-order valence-electron chi connectivity index (χ1n) is 2.96. The van der Waals surface area contributed by atoms with E-state index in [2.05, 4.69) is 4.98 Å². The van der Waals surface area contributed by atoms with Gasteiger partial charge in [0.1, 0.15) is 13.6 Å². The van der Waals surface area contributed by atoms with Crippen molar-refractivity contribution in [3.8, 4) is 5.75 Å². The summed E-state index contributed by atoms with van der Waals surface area (Å²) < 4.78 is 0. The highest BCUT2D eigenvalue weighted by atomic mass is 16.3. The van der Waals surface area contributed by atoms with Gasteiger partial charge in [-0.2, -0.15) is 0 Å². The molecule has 3 heteroatoms. The molecule has 0 unspecified atom stereocenters. The van der Waals surface area contributed by atoms with Gasteiger partial charge in [-0.1, -0.05) is 6.32 Å². The van der Waals surface area contributed by atoms with Crippen molar-refractivity contribution in [2.75, 3.05) is 0 Å². The Bertz CT molecular complexity index is 202. The number of pyridine rings is 1. The summed E-state index contributed by atoms with van der Waals surface area (Å²) in [6, 6.07) is 1.72. The van der Waals surface area contributed by atoms with Crippen molar-refractivity contribution in [3.63, 3.8) is 0 Å². The molecule has 1 N–H and O–H groups in total. The van der Waals surface area contributed by atoms with E-state index in [0.717, 1.165) is 11.9 Å². The summed E-state index contributed by atoms with van der Waals surface area (Å²) in [6.07, 6.45) is 4.10. The molecule has 0 radical (unpaired) electrons. The Balaban J connectivity index is 2.94. The van der Waals surface area contributed by atoms with Crippen LogP contribution in [-0.4, -0.2) is 17.9 Å². The fourth-order valence-electron chi connectivity index (χ4n) is 0.667. The largest absolute Gasteiger partial charge is 0.506 e. The van der Waals surface area contributed by atoms with E-state index in [1.165, 1.54) is 6.20 Å². The normalized spacial score (nSPS) is 9.33. The van der Waals surface area contributed by atoms with Crippen molar-refractivity contribution in [2.24, 2.45) is 0 Å². The van der Waals surface area contributed by atoms with Crippen LogP contribution in [0.2, 0.25) is 0 Å². The fourth-order valence-corrected chi connectivity index (χ4v) is 0.667. The molecule has 2 nitrogen and oxygen atoms in total. The lowest BCUT2D eigenvalue weighted by atomic mass is 9.99. The van der Waals surface area contributed by atoms with Crippen molar-refractivity contribution in [1.82, 2.24) is 4.98 Å². The maximum atomic E-state index is 8.88. The summed E-state index contributed by atoms with van der Waals surface area (Å²) >= 11 is 0. The summed E-state index contributed by atoms with van der Waals surface area (Å²) in [6.45, 7) is 0. The Labute approximate surface area is 55.0 Å². The second-order valence-corrected chi connectivity index (χ2v) is 1.90. The molecule has 0 atom stereocenters. The zero-order valence-electron chi connectivity index (χ0n) is 5.33. The van der Waals surface area contributed by atoms with Crippen LogP contribution < -0.4 is 0 Å². The van der Waals surface area contributed by atoms with E-state index in [9.17, 15) is 0 Å². The average Bonchev–Trinajstić information content (AvgIpc) is 1.88. The Morgan fingerprint density at radius 3 is 2.78 bits per heavy atom. The van der Waals surface area contributed by atoms with Crippen LogP contribution in [0.4, 0.5) is 0 Å². The van der Waals surface area contributed by atoms with Gasteiger partial charge >= 0.3 is 0 Å². The Morgan fingerprint density at radius 2 is 2.33 bits per heavy atom. The van der Waals surface area contributed by atoms with Gasteiger partial charge in [0.15, 0.2) is 0 Å². The van der Waals surface area contributed by atoms with Gasteiger partial charge in [-0.3, -0.25) is 4.98 Å². The molecule has 0 bridgehead atoms. The van der Waals surface area contributed by atoms with Gasteiger partial charge in [-0.25, -0.2) is 0 Å². The minimum Gasteiger partial charge on any atom is -0.506 e. The smallest absolute Gasteiger partial charge is 0.134 e. The lowest BCUT2D eigenvalue weighted by Crippen LogP contribution is -1.83. The lowest BCUT2D eigenvalue weighted by molar-refractivity contribution is 0.472. The summed E-state index contributed by atoms with van der Waals surface area (Å²) in [7, 11) is 2.02. The highest BCUT2D eigenvalue weighted by Gasteiger charge is 1.89. The predicted octanol–water partition coefficient (Wildman–Crippen LogP) is -0.0797. The summed E-state index contributed by atoms with van der Waals surface area (Å²) in [5.74, 6) is 0.245. The van der Waals surface area contributed by atoms with Crippen molar-refractivity contribution >= 4 is 7.85 Å². The standard InChI is InChI=1S/C6H8BNO/c7-2-5-1-6(9)4-8-3-5/h1,3-4,9H,2,7H2. The molecule has 0 saturated carbocycles. The van der Waals surface area contributed by atoms with Crippen molar-refractivity contribution in [2.45, 2.75) is 6.32 Å². The van der Waals surface area contributed by atoms with Crippen LogP contribution in [0.15, 0.2) is 18.5 Å². The molecule has 0 fully saturated rings. The highest BCUT2D eigenvalue weighted by Crippen LogP contribution is 2.07. The zero-order valence-corrected chi connectivity index (χ0v) is 5.33. The van der Waals surface area contributed by atoms with Gasteiger partial charge in [0, 0.05) is 6.20 Å². The van der Waals surface area contributed by atoms with Crippen molar-refractivity contribution in [1.29, 1.82) is 0 Å². The number of hydrogen-bond acceptors (Lipinski definition) is 2. The first kappa shape index (κ1) is 6.14. The average molecular weight is 121 g/mol. The van der Waals surface area contributed by atoms with Gasteiger partial charge < -0.3 is 5.11 Å². The van der Waals surface area contributed by atoms with Crippen LogP contribution >= 0.6 is 0 Å². The molecule has 1 aromatic heterocycles. The molecule has 46 valence electrons. The minimum absolute atomic E-state index is 0.245. The number of aromatic hydroxyl groups is 1. The van der Waals surface area contributed by atoms with E-state index in [0.29, 0.717) is 0 Å². The Morgan fingerprint density at radius 1 is 1.56 bits per heavy atom. The maximum absolute atomic E-state index is 8.88. The molecule has 0 aliphatic carbocycles. The summed E-state index contributed by atoms with van der Waals surface area (Å²) in [5.41, 5.74) is 1.06. The molecule has 1 heterocycles. The third kappa shape index (κ3) is 1.45. The molecular weight excluding hydrogens is 113 g/mol. The van der Waals surface area contributed by atoms with Gasteiger partial charge in [0.05, 0.1) is 6.20 Å². The second kappa shape index (κ2) is 2.53. The summed E-state index contributed by atoms with van der Waals surface area (Å²) in [5, 5.41) is 8.88. The molecule has 0 aromatic carbocycles. The molecule has 0 aliphatic rings. The van der Waals surface area contributed by atoms with Crippen molar-refractivity contribution in [3.05, 3.63) is 24.0 Å². The van der Waals surface area contributed by atoms with Gasteiger partial charge in [0.25, 0.3) is 0 Å². The van der Waals surface area contributed by atoms with Gasteiger partial charge in [-0.15, -0.1) is 0 Å². The number of rotatable bonds is 1. The molecule has 0 saturated heterocycles. The van der Waals surface area contributed by atoms with E-state index >= 15 is 0 Å². The van der Waals surface area contributed by atoms with Crippen LogP contribution in [0.1, 0.15) is 5.56 Å². The maximum Gasteiger partial charge on any atom is 0.134 e. The van der Waals surface area contributed by atoms with Crippen molar-refractivity contribution < 1.29 is 5.11 Å². The zero-order chi connectivity index (χ0) is 6.69. The van der Waals surface area contributed by atoms with E-state index in [4.69, 9.17) is 5.11 Å². The molecule has 9 heavy (non-hydrogen) atoms. The van der Waals surface area contributed by atoms with Gasteiger partial charge in [0.2, 0.25) is 0 Å². The Kier molecular flexibility index (Phi) is 1.73. The molecule has 0 aliphatic heterocycles. The highest BCUT2D eigenvalue weighted by molar-refractivity contribution is 6.08. The third-order valence-electron chi connectivity index (χ3n) is 1.19. The second-order valence-electron chi connectivity index (χ2n) is 1.90. The van der Waals surface area contributed by atoms with Crippen LogP contribution in [0.3, 0.4) is 0 Å². The lowest BCUT2D eigenvalue weighted by Gasteiger charge is -1.93. The van der Waals surface area contributed by atoms with E-state index in [1.54, 1.807) is 12.3 Å². The monoisotopic (exact) mass is 121 g/mol. The van der Waals surface area contributed by atoms with Crippen LogP contribution in [0, 0.1) is 0 Å². The van der Waals surface area contributed by atoms with E-state index < -0.39 is 0 Å². The number of aromatic nitrogens is 1. The minimum atomic E-state index is 0.245. The predicted molar refractivity (Wildman–Crippen MR) is 38.1 cm³/mol. The van der Waals surface area contributed by atoms with Gasteiger partial charge in [-0.05, 0) is 11.6 Å². The SMILES string of the molecule is BCc1cncc(O)c1. The fraction of sp³-hybridized carbons (Fsp3) is 0.167. The Hall–Kier alpha value is -0.985. The molecule has 0 amide bonds. The summed E-state index contributed by atoms with van der Waals surface area (Å²) in [4.78, 5) is 3.81. The van der Waals surface area contributed by atoms with Crippen LogP contribution in [0.5, 0.6) is 5.75 Å². The number of nitrogens with zero attached hydrogens (tertiary/aromatic N) is 1.